The molecule has 0 saturated heterocycles. The normalized spacial score (nSPS) is 11.6. The number of nitrogens with zero attached hydrogens (tertiary/aromatic N) is 2. The fourth-order valence-corrected chi connectivity index (χ4v) is 4.83. The van der Waals surface area contributed by atoms with Crippen molar-refractivity contribution in [3.63, 3.8) is 0 Å². The maximum atomic E-state index is 4.74. The molecule has 6 rings (SSSR count). The van der Waals surface area contributed by atoms with Crippen molar-refractivity contribution >= 4 is 43.2 Å². The van der Waals surface area contributed by atoms with Crippen LogP contribution >= 0.6 is 11.3 Å². The number of rotatable bonds is 2. The van der Waals surface area contributed by atoms with Crippen LogP contribution in [0.15, 0.2) is 96.5 Å². The van der Waals surface area contributed by atoms with Crippen molar-refractivity contribution in [2.24, 2.45) is 0 Å². The number of fused-ring (bicyclic) bond motifs is 4. The highest BCUT2D eigenvalue weighted by Gasteiger charge is 2.14. The Morgan fingerprint density at radius 1 is 0.679 bits per heavy atom. The molecule has 0 saturated carbocycles. The Hall–Kier alpha value is -3.43. The Morgan fingerprint density at radius 2 is 1.54 bits per heavy atom. The van der Waals surface area contributed by atoms with E-state index in [2.05, 4.69) is 88.8 Å². The molecule has 132 valence electrons. The molecule has 2 nitrogen and oxygen atoms in total. The highest BCUT2D eigenvalue weighted by atomic mass is 32.1. The average Bonchev–Trinajstić information content (AvgIpc) is 3.34. The summed E-state index contributed by atoms with van der Waals surface area (Å²) in [7, 11) is 0. The van der Waals surface area contributed by atoms with Gasteiger partial charge in [0.25, 0.3) is 0 Å². The minimum Gasteiger partial charge on any atom is -0.294 e. The first kappa shape index (κ1) is 15.6. The maximum absolute atomic E-state index is 4.74. The Kier molecular flexibility index (Phi) is 3.37. The molecule has 0 aliphatic carbocycles. The average molecular weight is 376 g/mol. The van der Waals surface area contributed by atoms with Crippen molar-refractivity contribution in [1.29, 1.82) is 0 Å². The zero-order chi connectivity index (χ0) is 18.5. The fourth-order valence-electron chi connectivity index (χ4n) is 4.02. The molecule has 6 aromatic rings. The molecule has 0 fully saturated rings. The van der Waals surface area contributed by atoms with Crippen molar-refractivity contribution < 1.29 is 0 Å². The van der Waals surface area contributed by atoms with Gasteiger partial charge in [0.1, 0.15) is 5.82 Å². The second kappa shape index (κ2) is 6.04. The Bertz CT molecular complexity index is 1460. The van der Waals surface area contributed by atoms with E-state index in [1.54, 1.807) is 11.3 Å². The van der Waals surface area contributed by atoms with Gasteiger partial charge in [-0.3, -0.25) is 4.57 Å². The van der Waals surface area contributed by atoms with E-state index in [4.69, 9.17) is 4.98 Å². The molecule has 28 heavy (non-hydrogen) atoms. The molecule has 0 unspecified atom stereocenters. The molecule has 0 amide bonds. The van der Waals surface area contributed by atoms with E-state index < -0.39 is 0 Å². The van der Waals surface area contributed by atoms with Gasteiger partial charge in [-0.1, -0.05) is 48.5 Å². The summed E-state index contributed by atoms with van der Waals surface area (Å²) in [5, 5.41) is 5.97. The number of thiophene rings is 1. The van der Waals surface area contributed by atoms with Gasteiger partial charge < -0.3 is 0 Å². The zero-order valence-corrected chi connectivity index (χ0v) is 15.9. The van der Waals surface area contributed by atoms with Gasteiger partial charge in [0.15, 0.2) is 0 Å². The zero-order valence-electron chi connectivity index (χ0n) is 15.0. The van der Waals surface area contributed by atoms with Crippen molar-refractivity contribution in [2.45, 2.75) is 0 Å². The summed E-state index contributed by atoms with van der Waals surface area (Å²) in [6, 6.07) is 30.1. The molecular formula is C25H16N2S. The summed E-state index contributed by atoms with van der Waals surface area (Å²) in [5.41, 5.74) is 4.76. The second-order valence-electron chi connectivity index (χ2n) is 6.95. The van der Waals surface area contributed by atoms with Gasteiger partial charge in [0.05, 0.1) is 11.0 Å². The van der Waals surface area contributed by atoms with Crippen molar-refractivity contribution in [3.05, 3.63) is 96.5 Å². The lowest BCUT2D eigenvalue weighted by atomic mass is 10.1. The van der Waals surface area contributed by atoms with Crippen LogP contribution in [0.25, 0.3) is 48.8 Å². The third-order valence-corrected chi connectivity index (χ3v) is 6.21. The van der Waals surface area contributed by atoms with Crippen LogP contribution in [0.3, 0.4) is 0 Å². The lowest BCUT2D eigenvalue weighted by Crippen LogP contribution is -1.97. The molecule has 3 heteroatoms. The van der Waals surface area contributed by atoms with Crippen LogP contribution in [0.2, 0.25) is 0 Å². The number of aromatic nitrogens is 2. The highest BCUT2D eigenvalue weighted by Crippen LogP contribution is 2.36. The lowest BCUT2D eigenvalue weighted by molar-refractivity contribution is 1.08. The smallest absolute Gasteiger partial charge is 0.138 e. The molecule has 3 aromatic carbocycles. The van der Waals surface area contributed by atoms with Gasteiger partial charge >= 0.3 is 0 Å². The van der Waals surface area contributed by atoms with Crippen LogP contribution in [0, 0.1) is 0 Å². The van der Waals surface area contributed by atoms with Crippen LogP contribution in [-0.2, 0) is 0 Å². The Labute approximate surface area is 166 Å². The molecule has 0 N–H and O–H groups in total. The maximum Gasteiger partial charge on any atom is 0.138 e. The monoisotopic (exact) mass is 376 g/mol. The molecule has 3 aromatic heterocycles. The minimum absolute atomic E-state index is 0.946. The second-order valence-corrected chi connectivity index (χ2v) is 7.90. The molecule has 3 heterocycles. The predicted octanol–water partition coefficient (Wildman–Crippen LogP) is 7.06. The quantitative estimate of drug-likeness (QED) is 0.316. The van der Waals surface area contributed by atoms with Gasteiger partial charge in [0, 0.05) is 21.7 Å². The molecule has 0 spiro atoms. The van der Waals surface area contributed by atoms with Gasteiger partial charge in [-0.2, -0.15) is 0 Å². The van der Waals surface area contributed by atoms with Crippen LogP contribution in [0.4, 0.5) is 0 Å². The molecule has 0 bridgehead atoms. The summed E-state index contributed by atoms with van der Waals surface area (Å²) < 4.78 is 3.61. The lowest BCUT2D eigenvalue weighted by Gasteiger charge is -2.09. The van der Waals surface area contributed by atoms with Crippen LogP contribution in [0.1, 0.15) is 0 Å². The molecule has 0 atom stereocenters. The topological polar surface area (TPSA) is 17.8 Å². The van der Waals surface area contributed by atoms with Crippen molar-refractivity contribution in [3.8, 4) is 16.9 Å². The van der Waals surface area contributed by atoms with Gasteiger partial charge in [-0.25, -0.2) is 4.98 Å². The van der Waals surface area contributed by atoms with E-state index in [0.717, 1.165) is 5.82 Å². The van der Waals surface area contributed by atoms with E-state index in [1.165, 1.54) is 43.0 Å². The Morgan fingerprint density at radius 3 is 2.46 bits per heavy atom. The van der Waals surface area contributed by atoms with E-state index in [9.17, 15) is 0 Å². The molecule has 0 aliphatic heterocycles. The highest BCUT2D eigenvalue weighted by molar-refractivity contribution is 7.17. The van der Waals surface area contributed by atoms with Crippen molar-refractivity contribution in [1.82, 2.24) is 9.55 Å². The summed E-state index contributed by atoms with van der Waals surface area (Å²) in [4.78, 5) is 4.74. The third kappa shape index (κ3) is 2.30. The van der Waals surface area contributed by atoms with Gasteiger partial charge in [-0.15, -0.1) is 11.3 Å². The largest absolute Gasteiger partial charge is 0.294 e. The van der Waals surface area contributed by atoms with Crippen LogP contribution < -0.4 is 0 Å². The van der Waals surface area contributed by atoms with Crippen LogP contribution in [0.5, 0.6) is 0 Å². The summed E-state index contributed by atoms with van der Waals surface area (Å²) in [5.74, 6) is 0.946. The Balaban J connectivity index is 1.69. The molecular weight excluding hydrogens is 360 g/mol. The summed E-state index contributed by atoms with van der Waals surface area (Å²) in [6.07, 6.45) is 1.90. The molecule has 0 aliphatic rings. The minimum atomic E-state index is 0.946. The third-order valence-electron chi connectivity index (χ3n) is 5.33. The number of benzene rings is 3. The number of hydrogen-bond acceptors (Lipinski definition) is 2. The first-order chi connectivity index (χ1) is 13.9. The van der Waals surface area contributed by atoms with Crippen LogP contribution in [-0.4, -0.2) is 9.55 Å². The number of hydrogen-bond donors (Lipinski definition) is 0. The van der Waals surface area contributed by atoms with E-state index in [1.807, 2.05) is 12.3 Å². The standard InChI is InChI=1S/C25H16N2S/c1-2-6-17(7-3-1)18-10-12-26-25(15-18)27-22-9-5-4-8-20(22)21-16-24-19(11-13-28-24)14-23(21)27/h1-16H. The first-order valence-corrected chi connectivity index (χ1v) is 10.2. The van der Waals surface area contributed by atoms with Gasteiger partial charge in [0.2, 0.25) is 0 Å². The summed E-state index contributed by atoms with van der Waals surface area (Å²) in [6.45, 7) is 0. The first-order valence-electron chi connectivity index (χ1n) is 9.31. The number of para-hydroxylation sites is 1. The SMILES string of the molecule is c1ccc(-c2ccnc(-n3c4ccccc4c4cc5sccc5cc43)c2)cc1. The fraction of sp³-hybridized carbons (Fsp3) is 0. The van der Waals surface area contributed by atoms with Crippen molar-refractivity contribution in [2.75, 3.05) is 0 Å². The van der Waals surface area contributed by atoms with Gasteiger partial charge in [-0.05, 0) is 58.3 Å². The predicted molar refractivity (Wildman–Crippen MR) is 119 cm³/mol. The van der Waals surface area contributed by atoms with E-state index in [0.29, 0.717) is 0 Å². The number of pyridine rings is 1. The molecule has 0 radical (unpaired) electrons. The summed E-state index contributed by atoms with van der Waals surface area (Å²) >= 11 is 1.79. The van der Waals surface area contributed by atoms with E-state index in [-0.39, 0.29) is 0 Å². The van der Waals surface area contributed by atoms with E-state index >= 15 is 0 Å².